The van der Waals surface area contributed by atoms with E-state index in [0.717, 1.165) is 11.1 Å². The van der Waals surface area contributed by atoms with Crippen molar-refractivity contribution >= 4 is 45.8 Å². The van der Waals surface area contributed by atoms with Crippen molar-refractivity contribution in [2.75, 3.05) is 13.1 Å². The second-order valence-electron chi connectivity index (χ2n) is 13.8. The number of sulfonamides is 1. The van der Waals surface area contributed by atoms with Crippen LogP contribution < -0.4 is 26.4 Å². The first kappa shape index (κ1) is 42.2. The van der Waals surface area contributed by atoms with Crippen molar-refractivity contribution in [1.29, 1.82) is 0 Å². The summed E-state index contributed by atoms with van der Waals surface area (Å²) in [6.07, 6.45) is 0.241. The van der Waals surface area contributed by atoms with Gasteiger partial charge in [0.25, 0.3) is 10.0 Å². The van der Waals surface area contributed by atoms with Gasteiger partial charge in [-0.25, -0.2) is 22.7 Å². The lowest BCUT2D eigenvalue weighted by molar-refractivity contribution is -0.149. The number of hydrogen-bond acceptors (Lipinski definition) is 10. The summed E-state index contributed by atoms with van der Waals surface area (Å²) in [5, 5.41) is 7.77. The molecule has 2 aromatic carbocycles. The molecule has 1 aliphatic rings. The van der Waals surface area contributed by atoms with Crippen LogP contribution in [0.5, 0.6) is 0 Å². The number of aliphatic imine (C=N–C) groups is 1. The number of rotatable bonds is 15. The van der Waals surface area contributed by atoms with E-state index in [-0.39, 0.29) is 43.4 Å². The van der Waals surface area contributed by atoms with Gasteiger partial charge in [0.2, 0.25) is 23.7 Å². The highest BCUT2D eigenvalue weighted by atomic mass is 32.2. The number of aryl methyl sites for hydroxylation is 1. The summed E-state index contributed by atoms with van der Waals surface area (Å²) in [7, 11) is -3.96. The quantitative estimate of drug-likeness (QED) is 0.0769. The number of carbonyl (C=O) groups excluding carboxylic acids is 5. The topological polar surface area (TPSA) is 228 Å². The average Bonchev–Trinajstić information content (AvgIpc) is 3.58. The lowest BCUT2D eigenvalue weighted by Crippen LogP contribution is -2.56. The lowest BCUT2D eigenvalue weighted by atomic mass is 10.1. The molecule has 17 heteroatoms. The molecule has 1 heterocycles. The van der Waals surface area contributed by atoms with Crippen LogP contribution in [0.15, 0.2) is 64.5 Å². The van der Waals surface area contributed by atoms with Gasteiger partial charge in [-0.05, 0) is 84.9 Å². The van der Waals surface area contributed by atoms with Crippen LogP contribution in [-0.2, 0) is 45.3 Å². The number of hydrogen-bond donors (Lipinski definition) is 5. The van der Waals surface area contributed by atoms with E-state index in [1.165, 1.54) is 30.9 Å². The van der Waals surface area contributed by atoms with Crippen molar-refractivity contribution in [1.82, 2.24) is 25.6 Å². The predicted octanol–water partition coefficient (Wildman–Crippen LogP) is 2.01. The number of benzene rings is 2. The minimum absolute atomic E-state index is 0.000691. The van der Waals surface area contributed by atoms with Crippen LogP contribution in [0.25, 0.3) is 0 Å². The molecule has 4 amide bonds. The van der Waals surface area contributed by atoms with E-state index in [2.05, 4.69) is 25.7 Å². The third kappa shape index (κ3) is 13.7. The summed E-state index contributed by atoms with van der Waals surface area (Å²) < 4.78 is 38.1. The zero-order valence-electron chi connectivity index (χ0n) is 31.0. The van der Waals surface area contributed by atoms with Crippen molar-refractivity contribution in [2.45, 2.75) is 108 Å². The Morgan fingerprint density at radius 2 is 1.62 bits per heavy atom. The van der Waals surface area contributed by atoms with Gasteiger partial charge in [-0.2, -0.15) is 0 Å². The number of alkyl carbamates (subject to hydrolysis) is 1. The molecular weight excluding hydrogens is 707 g/mol. The van der Waals surface area contributed by atoms with Crippen LogP contribution in [0, 0.1) is 6.92 Å². The molecule has 3 rings (SSSR count). The molecule has 1 aliphatic heterocycles. The molecule has 0 saturated carbocycles. The second kappa shape index (κ2) is 19.0. The van der Waals surface area contributed by atoms with Gasteiger partial charge in [-0.1, -0.05) is 48.0 Å². The van der Waals surface area contributed by atoms with Crippen LogP contribution in [0.4, 0.5) is 4.79 Å². The Hall–Kier alpha value is -5.19. The Morgan fingerprint density at radius 1 is 0.962 bits per heavy atom. The molecule has 0 spiro atoms. The van der Waals surface area contributed by atoms with E-state index in [0.29, 0.717) is 12.8 Å². The number of carbonyl (C=O) groups is 5. The van der Waals surface area contributed by atoms with E-state index in [1.54, 1.807) is 32.9 Å². The largest absolute Gasteiger partial charge is 0.459 e. The highest BCUT2D eigenvalue weighted by molar-refractivity contribution is 7.90. The minimum atomic E-state index is -3.96. The van der Waals surface area contributed by atoms with Gasteiger partial charge in [-0.3, -0.25) is 19.4 Å². The summed E-state index contributed by atoms with van der Waals surface area (Å²) in [4.78, 5) is 70.7. The SMILES string of the molecule is Cc1ccc(S(=O)(=O)NC(N)=NCCC[C@H](NC(=O)OC(C)(C)C)C(=O)N[C@H](C)C(=O)N2CCC[C@H]2C(=O)N[C@H](C)C(=O)OCc2ccccc2)cc1. The van der Waals surface area contributed by atoms with Crippen molar-refractivity contribution < 1.29 is 41.9 Å². The second-order valence-corrected chi connectivity index (χ2v) is 15.5. The molecule has 1 saturated heterocycles. The predicted molar refractivity (Wildman–Crippen MR) is 197 cm³/mol. The monoisotopic (exact) mass is 757 g/mol. The number of esters is 1. The molecule has 0 unspecified atom stereocenters. The van der Waals surface area contributed by atoms with E-state index in [1.807, 2.05) is 37.3 Å². The number of nitrogens with one attached hydrogen (secondary N) is 4. The molecule has 0 bridgehead atoms. The van der Waals surface area contributed by atoms with Crippen molar-refractivity contribution in [3.8, 4) is 0 Å². The molecule has 53 heavy (non-hydrogen) atoms. The number of nitrogens with two attached hydrogens (primary N) is 1. The van der Waals surface area contributed by atoms with Crippen LogP contribution in [0.3, 0.4) is 0 Å². The van der Waals surface area contributed by atoms with E-state index in [9.17, 15) is 32.4 Å². The zero-order valence-corrected chi connectivity index (χ0v) is 31.8. The van der Waals surface area contributed by atoms with Gasteiger partial charge in [0.05, 0.1) is 4.90 Å². The fourth-order valence-electron chi connectivity index (χ4n) is 5.31. The highest BCUT2D eigenvalue weighted by Crippen LogP contribution is 2.19. The first-order valence-electron chi connectivity index (χ1n) is 17.4. The van der Waals surface area contributed by atoms with Crippen LogP contribution in [-0.4, -0.2) is 91.9 Å². The average molecular weight is 758 g/mol. The molecule has 1 fully saturated rings. The molecule has 2 aromatic rings. The first-order valence-corrected chi connectivity index (χ1v) is 18.9. The van der Waals surface area contributed by atoms with E-state index < -0.39 is 69.6 Å². The normalized spacial score (nSPS) is 16.5. The third-order valence-electron chi connectivity index (χ3n) is 8.01. The molecule has 16 nitrogen and oxygen atoms in total. The molecule has 4 atom stereocenters. The summed E-state index contributed by atoms with van der Waals surface area (Å²) in [5.74, 6) is -2.72. The van der Waals surface area contributed by atoms with Crippen LogP contribution in [0.1, 0.15) is 71.4 Å². The summed E-state index contributed by atoms with van der Waals surface area (Å²) in [5.41, 5.74) is 6.64. The van der Waals surface area contributed by atoms with Gasteiger partial charge >= 0.3 is 12.1 Å². The Bertz CT molecular complexity index is 1730. The summed E-state index contributed by atoms with van der Waals surface area (Å²) >= 11 is 0. The van der Waals surface area contributed by atoms with Crippen molar-refractivity contribution in [3.05, 3.63) is 65.7 Å². The lowest BCUT2D eigenvalue weighted by Gasteiger charge is -2.29. The molecule has 290 valence electrons. The Balaban J connectivity index is 1.59. The van der Waals surface area contributed by atoms with Gasteiger partial charge in [0, 0.05) is 13.1 Å². The van der Waals surface area contributed by atoms with Gasteiger partial charge in [0.1, 0.15) is 36.4 Å². The Labute approximate surface area is 310 Å². The van der Waals surface area contributed by atoms with Crippen LogP contribution in [0.2, 0.25) is 0 Å². The standard InChI is InChI=1S/C36H51N7O9S/c1-23-16-18-27(19-17-23)53(49,50)42-34(37)38-20-10-14-28(41-35(48)52-36(4,5)6)30(44)39-24(2)32(46)43-21-11-15-29(43)31(45)40-25(3)33(47)51-22-26-12-8-7-9-13-26/h7-9,12-13,16-19,24-25,28-29H,10-11,14-15,20-22H2,1-6H3,(H,39,44)(H,40,45)(H,41,48)(H3,37,38,42)/t24-,25-,28+,29+/m1/s1. The van der Waals surface area contributed by atoms with Crippen molar-refractivity contribution in [2.24, 2.45) is 10.7 Å². The number of guanidine groups is 1. The molecular formula is C36H51N7O9S. The molecule has 6 N–H and O–H groups in total. The maximum atomic E-state index is 13.5. The maximum Gasteiger partial charge on any atom is 0.408 e. The zero-order chi connectivity index (χ0) is 39.3. The Morgan fingerprint density at radius 3 is 2.26 bits per heavy atom. The van der Waals surface area contributed by atoms with Gasteiger partial charge in [-0.15, -0.1) is 0 Å². The van der Waals surface area contributed by atoms with Crippen molar-refractivity contribution in [3.63, 3.8) is 0 Å². The maximum absolute atomic E-state index is 13.5. The number of likely N-dealkylation sites (tertiary alicyclic amines) is 1. The fraction of sp³-hybridized carbons (Fsp3) is 0.500. The van der Waals surface area contributed by atoms with Crippen LogP contribution >= 0.6 is 0 Å². The van der Waals surface area contributed by atoms with E-state index in [4.69, 9.17) is 15.2 Å². The minimum Gasteiger partial charge on any atom is -0.459 e. The van der Waals surface area contributed by atoms with Gasteiger partial charge < -0.3 is 36.1 Å². The number of nitrogens with zero attached hydrogens (tertiary/aromatic N) is 2. The highest BCUT2D eigenvalue weighted by Gasteiger charge is 2.38. The molecule has 0 radical (unpaired) electrons. The van der Waals surface area contributed by atoms with Gasteiger partial charge in [0.15, 0.2) is 0 Å². The summed E-state index contributed by atoms with van der Waals surface area (Å²) in [6, 6.07) is 11.2. The first-order chi connectivity index (χ1) is 24.9. The molecule has 0 aliphatic carbocycles. The number of ether oxygens (including phenoxy) is 2. The summed E-state index contributed by atoms with van der Waals surface area (Å²) in [6.45, 7) is 10.1. The smallest absolute Gasteiger partial charge is 0.408 e. The fourth-order valence-corrected chi connectivity index (χ4v) is 6.26. The molecule has 0 aromatic heterocycles. The number of amides is 4. The third-order valence-corrected chi connectivity index (χ3v) is 9.39. The Kier molecular flexibility index (Phi) is 15.2. The van der Waals surface area contributed by atoms with E-state index >= 15 is 0 Å².